The number of benzene rings is 2. The van der Waals surface area contributed by atoms with Crippen LogP contribution in [0.15, 0.2) is 42.5 Å². The van der Waals surface area contributed by atoms with Gasteiger partial charge in [-0.2, -0.15) is 0 Å². The molecule has 0 unspecified atom stereocenters. The molecular weight excluding hydrogens is 326 g/mol. The SMILES string of the molecule is COC(=O)c1ccc(NC(=O)COc2ccc(OC)cc2C=O)cc1. The molecule has 0 spiro atoms. The Hall–Kier alpha value is -3.35. The van der Waals surface area contributed by atoms with Crippen LogP contribution in [-0.2, 0) is 9.53 Å². The monoisotopic (exact) mass is 343 g/mol. The second kappa shape index (κ2) is 8.49. The summed E-state index contributed by atoms with van der Waals surface area (Å²) in [6.07, 6.45) is 0.626. The lowest BCUT2D eigenvalue weighted by molar-refractivity contribution is -0.118. The van der Waals surface area contributed by atoms with Gasteiger partial charge in [-0.15, -0.1) is 0 Å². The van der Waals surface area contributed by atoms with Crippen LogP contribution in [0.25, 0.3) is 0 Å². The summed E-state index contributed by atoms with van der Waals surface area (Å²) in [4.78, 5) is 34.4. The quantitative estimate of drug-likeness (QED) is 0.613. The zero-order valence-corrected chi connectivity index (χ0v) is 13.8. The molecule has 2 rings (SSSR count). The molecule has 1 amide bonds. The molecule has 2 aromatic rings. The summed E-state index contributed by atoms with van der Waals surface area (Å²) in [7, 11) is 2.78. The van der Waals surface area contributed by atoms with Gasteiger partial charge in [0.1, 0.15) is 11.5 Å². The molecule has 0 atom stereocenters. The first-order valence-electron chi connectivity index (χ1n) is 7.31. The van der Waals surface area contributed by atoms with Crippen molar-refractivity contribution in [1.29, 1.82) is 0 Å². The highest BCUT2D eigenvalue weighted by atomic mass is 16.5. The molecule has 0 saturated carbocycles. The summed E-state index contributed by atoms with van der Waals surface area (Å²) in [5, 5.41) is 2.63. The normalized spacial score (nSPS) is 9.84. The molecule has 0 heterocycles. The van der Waals surface area contributed by atoms with E-state index in [0.717, 1.165) is 0 Å². The molecule has 0 aliphatic rings. The van der Waals surface area contributed by atoms with Crippen molar-refractivity contribution in [2.24, 2.45) is 0 Å². The van der Waals surface area contributed by atoms with Gasteiger partial charge in [0.15, 0.2) is 12.9 Å². The number of carbonyl (C=O) groups is 3. The predicted molar refractivity (Wildman–Crippen MR) is 90.3 cm³/mol. The molecule has 0 aliphatic heterocycles. The molecule has 0 aromatic heterocycles. The Morgan fingerprint density at radius 1 is 1.08 bits per heavy atom. The van der Waals surface area contributed by atoms with E-state index in [1.165, 1.54) is 32.4 Å². The standard InChI is InChI=1S/C18H17NO6/c1-23-15-7-8-16(13(9-15)10-20)25-11-17(21)19-14-5-3-12(4-6-14)18(22)24-2/h3-10H,11H2,1-2H3,(H,19,21). The number of hydrogen-bond donors (Lipinski definition) is 1. The van der Waals surface area contributed by atoms with Crippen LogP contribution in [0, 0.1) is 0 Å². The zero-order valence-electron chi connectivity index (χ0n) is 13.8. The van der Waals surface area contributed by atoms with Crippen molar-refractivity contribution in [3.63, 3.8) is 0 Å². The predicted octanol–water partition coefficient (Wildman–Crippen LogP) is 2.31. The fourth-order valence-electron chi connectivity index (χ4n) is 2.02. The number of nitrogens with one attached hydrogen (secondary N) is 1. The fraction of sp³-hybridized carbons (Fsp3) is 0.167. The topological polar surface area (TPSA) is 90.9 Å². The highest BCUT2D eigenvalue weighted by molar-refractivity contribution is 5.93. The van der Waals surface area contributed by atoms with Crippen molar-refractivity contribution in [2.75, 3.05) is 26.1 Å². The van der Waals surface area contributed by atoms with Gasteiger partial charge in [0.25, 0.3) is 5.91 Å². The van der Waals surface area contributed by atoms with E-state index in [4.69, 9.17) is 9.47 Å². The van der Waals surface area contributed by atoms with Gasteiger partial charge in [-0.3, -0.25) is 9.59 Å². The third-order valence-corrected chi connectivity index (χ3v) is 3.29. The van der Waals surface area contributed by atoms with Crippen LogP contribution >= 0.6 is 0 Å². The Bertz CT molecular complexity index is 770. The summed E-state index contributed by atoms with van der Waals surface area (Å²) >= 11 is 0. The Labute approximate surface area is 144 Å². The second-order valence-corrected chi connectivity index (χ2v) is 4.93. The van der Waals surface area contributed by atoms with Gasteiger partial charge in [-0.05, 0) is 42.5 Å². The average molecular weight is 343 g/mol. The van der Waals surface area contributed by atoms with Crippen molar-refractivity contribution in [3.05, 3.63) is 53.6 Å². The molecule has 0 aliphatic carbocycles. The molecule has 0 radical (unpaired) electrons. The van der Waals surface area contributed by atoms with E-state index in [1.54, 1.807) is 24.3 Å². The van der Waals surface area contributed by atoms with Crippen LogP contribution in [0.5, 0.6) is 11.5 Å². The number of carbonyl (C=O) groups excluding carboxylic acids is 3. The number of hydrogen-bond acceptors (Lipinski definition) is 6. The molecular formula is C18H17NO6. The first kappa shape index (κ1) is 18.0. The average Bonchev–Trinajstić information content (AvgIpc) is 2.66. The van der Waals surface area contributed by atoms with Crippen molar-refractivity contribution in [1.82, 2.24) is 0 Å². The summed E-state index contributed by atoms with van der Waals surface area (Å²) < 4.78 is 15.0. The maximum atomic E-state index is 11.9. The number of methoxy groups -OCH3 is 2. The third-order valence-electron chi connectivity index (χ3n) is 3.29. The van der Waals surface area contributed by atoms with E-state index in [0.29, 0.717) is 23.3 Å². The van der Waals surface area contributed by atoms with Crippen LogP contribution in [0.3, 0.4) is 0 Å². The Kier molecular flexibility index (Phi) is 6.11. The van der Waals surface area contributed by atoms with Crippen LogP contribution in [0.4, 0.5) is 5.69 Å². The maximum Gasteiger partial charge on any atom is 0.337 e. The summed E-state index contributed by atoms with van der Waals surface area (Å²) in [6.45, 7) is -0.272. The van der Waals surface area contributed by atoms with Crippen molar-refractivity contribution >= 4 is 23.9 Å². The number of anilines is 1. The van der Waals surface area contributed by atoms with Gasteiger partial charge in [0.2, 0.25) is 0 Å². The van der Waals surface area contributed by atoms with E-state index in [9.17, 15) is 14.4 Å². The number of amides is 1. The van der Waals surface area contributed by atoms with E-state index >= 15 is 0 Å². The van der Waals surface area contributed by atoms with Crippen molar-refractivity contribution < 1.29 is 28.6 Å². The number of rotatable bonds is 7. The largest absolute Gasteiger partial charge is 0.497 e. The van der Waals surface area contributed by atoms with Gasteiger partial charge >= 0.3 is 5.97 Å². The minimum atomic E-state index is -0.456. The van der Waals surface area contributed by atoms with Gasteiger partial charge in [0, 0.05) is 5.69 Å². The molecule has 0 saturated heterocycles. The van der Waals surface area contributed by atoms with Crippen molar-refractivity contribution in [3.8, 4) is 11.5 Å². The van der Waals surface area contributed by atoms with E-state index < -0.39 is 11.9 Å². The zero-order chi connectivity index (χ0) is 18.2. The van der Waals surface area contributed by atoms with Crippen molar-refractivity contribution in [2.45, 2.75) is 0 Å². The Morgan fingerprint density at radius 3 is 2.40 bits per heavy atom. The lowest BCUT2D eigenvalue weighted by atomic mass is 10.2. The van der Waals surface area contributed by atoms with Gasteiger partial charge in [0.05, 0.1) is 25.3 Å². The molecule has 25 heavy (non-hydrogen) atoms. The smallest absolute Gasteiger partial charge is 0.337 e. The minimum absolute atomic E-state index is 0.272. The molecule has 0 fully saturated rings. The highest BCUT2D eigenvalue weighted by Crippen LogP contribution is 2.22. The molecule has 1 N–H and O–H groups in total. The van der Waals surface area contributed by atoms with Crippen LogP contribution in [0.2, 0.25) is 0 Å². The highest BCUT2D eigenvalue weighted by Gasteiger charge is 2.09. The number of aldehydes is 1. The molecule has 0 bridgehead atoms. The third kappa shape index (κ3) is 4.81. The lowest BCUT2D eigenvalue weighted by Gasteiger charge is -2.10. The molecule has 7 heteroatoms. The van der Waals surface area contributed by atoms with E-state index in [2.05, 4.69) is 10.1 Å². The number of esters is 1. The van der Waals surface area contributed by atoms with Gasteiger partial charge in [-0.25, -0.2) is 4.79 Å². The summed E-state index contributed by atoms with van der Waals surface area (Å²) in [5.74, 6) is -0.0582. The summed E-state index contributed by atoms with van der Waals surface area (Å²) in [5.41, 5.74) is 1.17. The Morgan fingerprint density at radius 2 is 1.80 bits per heavy atom. The first-order chi connectivity index (χ1) is 12.1. The Balaban J connectivity index is 1.94. The maximum absolute atomic E-state index is 11.9. The first-order valence-corrected chi connectivity index (χ1v) is 7.31. The number of ether oxygens (including phenoxy) is 3. The van der Waals surface area contributed by atoms with Crippen LogP contribution in [-0.4, -0.2) is 39.0 Å². The summed E-state index contributed by atoms with van der Waals surface area (Å²) in [6, 6.07) is 10.9. The fourth-order valence-corrected chi connectivity index (χ4v) is 2.02. The van der Waals surface area contributed by atoms with E-state index in [1.807, 2.05) is 0 Å². The van der Waals surface area contributed by atoms with E-state index in [-0.39, 0.29) is 17.9 Å². The molecule has 130 valence electrons. The minimum Gasteiger partial charge on any atom is -0.497 e. The molecule has 2 aromatic carbocycles. The molecule has 7 nitrogen and oxygen atoms in total. The van der Waals surface area contributed by atoms with Gasteiger partial charge in [-0.1, -0.05) is 0 Å². The van der Waals surface area contributed by atoms with Crippen LogP contribution < -0.4 is 14.8 Å². The van der Waals surface area contributed by atoms with Gasteiger partial charge < -0.3 is 19.5 Å². The van der Waals surface area contributed by atoms with Crippen LogP contribution in [0.1, 0.15) is 20.7 Å². The lowest BCUT2D eigenvalue weighted by Crippen LogP contribution is -2.20. The second-order valence-electron chi connectivity index (χ2n) is 4.93.